The third kappa shape index (κ3) is 5.76. The van der Waals surface area contributed by atoms with Gasteiger partial charge in [-0.25, -0.2) is 19.3 Å². The summed E-state index contributed by atoms with van der Waals surface area (Å²) in [5.41, 5.74) is 1.30. The average Bonchev–Trinajstić information content (AvgIpc) is 2.96. The fourth-order valence-corrected chi connectivity index (χ4v) is 4.01. The van der Waals surface area contributed by atoms with Gasteiger partial charge in [0.15, 0.2) is 5.75 Å². The van der Waals surface area contributed by atoms with Crippen LogP contribution >= 0.6 is 0 Å². The highest BCUT2D eigenvalue weighted by molar-refractivity contribution is 5.98. The Kier molecular flexibility index (Phi) is 7.15. The molecule has 0 aromatic heterocycles. The van der Waals surface area contributed by atoms with E-state index in [0.717, 1.165) is 27.6 Å². The molecule has 0 aliphatic heterocycles. The first kappa shape index (κ1) is 26.0. The predicted octanol–water partition coefficient (Wildman–Crippen LogP) is 6.47. The fraction of sp³-hybridized carbons (Fsp3) is 0.0312. The molecule has 5 aromatic carbocycles. The molecule has 0 saturated carbocycles. The molecule has 8 heteroatoms. The van der Waals surface area contributed by atoms with Crippen LogP contribution in [-0.4, -0.2) is 23.0 Å². The van der Waals surface area contributed by atoms with Gasteiger partial charge in [0.2, 0.25) is 0 Å². The minimum Gasteiger partial charge on any atom is -0.508 e. The quantitative estimate of drug-likeness (QED) is 0.0832. The number of carbonyl (C=O) groups is 3. The monoisotopic (exact) mass is 534 g/mol. The summed E-state index contributed by atoms with van der Waals surface area (Å²) in [7, 11) is 0. The molecule has 0 heterocycles. The molecular weight excluding hydrogens is 512 g/mol. The van der Waals surface area contributed by atoms with Crippen molar-refractivity contribution in [2.45, 2.75) is 6.92 Å². The maximum Gasteiger partial charge on any atom is 0.378 e. The van der Waals surface area contributed by atoms with Crippen LogP contribution in [0.2, 0.25) is 0 Å². The van der Waals surface area contributed by atoms with E-state index in [9.17, 15) is 19.5 Å². The lowest BCUT2D eigenvalue weighted by atomic mass is 10.1. The van der Waals surface area contributed by atoms with E-state index in [0.29, 0.717) is 33.9 Å². The van der Waals surface area contributed by atoms with E-state index in [1.807, 2.05) is 0 Å². The number of aryl methyl sites for hydroxylation is 1. The molecule has 0 bridgehead atoms. The van der Waals surface area contributed by atoms with Gasteiger partial charge in [-0.05, 0) is 101 Å². The van der Waals surface area contributed by atoms with Gasteiger partial charge >= 0.3 is 17.9 Å². The number of phenolic OH excluding ortho intramolecular Hbond substituents is 1. The van der Waals surface area contributed by atoms with Crippen LogP contribution in [0.15, 0.2) is 104 Å². The molecule has 0 aliphatic carbocycles. The standard InChI is InChI=1S/C32H22O8/c1-3-30(34)40-39-28-11-9-21-16-24(7-5-23(21)18-28)31(35)37-27-12-13-29(19(2)14-27)38-32(36)25-6-4-22-17-26(33)10-8-20(22)15-25/h3-18,33H,1H2,2H3. The lowest BCUT2D eigenvalue weighted by Crippen LogP contribution is -2.10. The van der Waals surface area contributed by atoms with Gasteiger partial charge in [-0.3, -0.25) is 4.89 Å². The van der Waals surface area contributed by atoms with E-state index in [4.69, 9.17) is 14.4 Å². The van der Waals surface area contributed by atoms with Crippen LogP contribution in [0.5, 0.6) is 23.0 Å². The number of rotatable bonds is 7. The third-order valence-corrected chi connectivity index (χ3v) is 6.05. The highest BCUT2D eigenvalue weighted by atomic mass is 17.2. The summed E-state index contributed by atoms with van der Waals surface area (Å²) in [4.78, 5) is 46.2. The molecule has 0 amide bonds. The Balaban J connectivity index is 1.25. The number of hydrogen-bond acceptors (Lipinski definition) is 8. The number of benzene rings is 5. The van der Waals surface area contributed by atoms with Crippen molar-refractivity contribution in [1.82, 2.24) is 0 Å². The predicted molar refractivity (Wildman–Crippen MR) is 148 cm³/mol. The van der Waals surface area contributed by atoms with E-state index in [1.54, 1.807) is 97.9 Å². The number of hydrogen-bond donors (Lipinski definition) is 1. The molecule has 8 nitrogen and oxygen atoms in total. The van der Waals surface area contributed by atoms with Crippen LogP contribution in [0.3, 0.4) is 0 Å². The van der Waals surface area contributed by atoms with Gasteiger partial charge in [0.05, 0.1) is 11.1 Å². The van der Waals surface area contributed by atoms with Crippen LogP contribution in [0, 0.1) is 6.92 Å². The van der Waals surface area contributed by atoms with Gasteiger partial charge in [0, 0.05) is 6.08 Å². The summed E-state index contributed by atoms with van der Waals surface area (Å²) in [5, 5.41) is 12.7. The summed E-state index contributed by atoms with van der Waals surface area (Å²) in [6, 6.07) is 24.6. The van der Waals surface area contributed by atoms with E-state index in [-0.39, 0.29) is 5.75 Å². The molecule has 0 atom stereocenters. The molecular formula is C32H22O8. The molecule has 0 fully saturated rings. The zero-order valence-corrected chi connectivity index (χ0v) is 21.2. The second-order valence-electron chi connectivity index (χ2n) is 8.87. The Hall–Kier alpha value is -5.63. The van der Waals surface area contributed by atoms with Crippen molar-refractivity contribution < 1.29 is 38.7 Å². The zero-order valence-electron chi connectivity index (χ0n) is 21.2. The van der Waals surface area contributed by atoms with Crippen LogP contribution < -0.4 is 14.4 Å². The molecule has 0 saturated heterocycles. The highest BCUT2D eigenvalue weighted by Crippen LogP contribution is 2.27. The first-order valence-electron chi connectivity index (χ1n) is 12.1. The Morgan fingerprint density at radius 3 is 1.93 bits per heavy atom. The number of ether oxygens (including phenoxy) is 2. The molecule has 0 radical (unpaired) electrons. The maximum absolute atomic E-state index is 12.8. The minimum absolute atomic E-state index is 0.147. The summed E-state index contributed by atoms with van der Waals surface area (Å²) < 4.78 is 11.1. The second-order valence-corrected chi connectivity index (χ2v) is 8.87. The van der Waals surface area contributed by atoms with Crippen molar-refractivity contribution in [3.05, 3.63) is 120 Å². The Morgan fingerprint density at radius 1 is 0.675 bits per heavy atom. The molecule has 0 spiro atoms. The van der Waals surface area contributed by atoms with E-state index in [1.165, 1.54) is 0 Å². The molecule has 5 aromatic rings. The van der Waals surface area contributed by atoms with Crippen molar-refractivity contribution in [2.24, 2.45) is 0 Å². The van der Waals surface area contributed by atoms with Gasteiger partial charge in [-0.1, -0.05) is 30.8 Å². The number of aromatic hydroxyl groups is 1. The lowest BCUT2D eigenvalue weighted by Gasteiger charge is -2.11. The van der Waals surface area contributed by atoms with Gasteiger partial charge in [-0.15, -0.1) is 0 Å². The van der Waals surface area contributed by atoms with Crippen LogP contribution in [0.4, 0.5) is 0 Å². The van der Waals surface area contributed by atoms with Crippen molar-refractivity contribution in [2.75, 3.05) is 0 Å². The first-order chi connectivity index (χ1) is 19.3. The third-order valence-electron chi connectivity index (χ3n) is 6.05. The number of phenols is 1. The topological polar surface area (TPSA) is 108 Å². The van der Waals surface area contributed by atoms with Gasteiger partial charge in [0.25, 0.3) is 0 Å². The van der Waals surface area contributed by atoms with Gasteiger partial charge < -0.3 is 14.6 Å². The highest BCUT2D eigenvalue weighted by Gasteiger charge is 2.14. The average molecular weight is 535 g/mol. The molecule has 1 N–H and O–H groups in total. The summed E-state index contributed by atoms with van der Waals surface area (Å²) in [6.45, 7) is 5.04. The van der Waals surface area contributed by atoms with Gasteiger partial charge in [-0.2, -0.15) is 0 Å². The first-order valence-corrected chi connectivity index (χ1v) is 12.1. The Labute approximate surface area is 228 Å². The minimum atomic E-state index is -0.716. The van der Waals surface area contributed by atoms with Crippen molar-refractivity contribution in [3.8, 4) is 23.0 Å². The van der Waals surface area contributed by atoms with E-state index in [2.05, 4.69) is 11.5 Å². The Bertz CT molecular complexity index is 1800. The summed E-state index contributed by atoms with van der Waals surface area (Å²) >= 11 is 0. The van der Waals surface area contributed by atoms with Crippen LogP contribution in [0.1, 0.15) is 26.3 Å². The molecule has 198 valence electrons. The van der Waals surface area contributed by atoms with Crippen LogP contribution in [0.25, 0.3) is 21.5 Å². The van der Waals surface area contributed by atoms with E-state index >= 15 is 0 Å². The molecule has 40 heavy (non-hydrogen) atoms. The molecule has 0 aliphatic rings. The molecule has 5 rings (SSSR count). The van der Waals surface area contributed by atoms with Crippen LogP contribution in [-0.2, 0) is 9.68 Å². The lowest BCUT2D eigenvalue weighted by molar-refractivity contribution is -0.207. The summed E-state index contributed by atoms with van der Waals surface area (Å²) in [6.07, 6.45) is 0.987. The largest absolute Gasteiger partial charge is 0.508 e. The number of carbonyl (C=O) groups excluding carboxylic acids is 3. The van der Waals surface area contributed by atoms with E-state index < -0.39 is 17.9 Å². The number of fused-ring (bicyclic) bond motifs is 2. The Morgan fingerprint density at radius 2 is 1.25 bits per heavy atom. The molecule has 0 unspecified atom stereocenters. The SMILES string of the molecule is C=CC(=O)OOc1ccc2cc(C(=O)Oc3ccc(OC(=O)c4ccc5cc(O)ccc5c4)c(C)c3)ccc2c1. The maximum atomic E-state index is 12.8. The summed E-state index contributed by atoms with van der Waals surface area (Å²) in [5.74, 6) is -0.727. The van der Waals surface area contributed by atoms with Crippen molar-refractivity contribution >= 4 is 39.5 Å². The zero-order chi connectivity index (χ0) is 28.2. The fourth-order valence-electron chi connectivity index (χ4n) is 4.01. The normalized spacial score (nSPS) is 10.6. The van der Waals surface area contributed by atoms with Crippen molar-refractivity contribution in [1.29, 1.82) is 0 Å². The van der Waals surface area contributed by atoms with Crippen molar-refractivity contribution in [3.63, 3.8) is 0 Å². The van der Waals surface area contributed by atoms with Gasteiger partial charge in [0.1, 0.15) is 17.2 Å². The smallest absolute Gasteiger partial charge is 0.378 e. The number of esters is 2. The second kappa shape index (κ2) is 11.0.